The number of nitrogens with zero attached hydrogens (tertiary/aromatic N) is 2. The summed E-state index contributed by atoms with van der Waals surface area (Å²) in [5.74, 6) is -0.165. The van der Waals surface area contributed by atoms with Gasteiger partial charge in [0.25, 0.3) is 5.91 Å². The Balaban J connectivity index is 1.98. The van der Waals surface area contributed by atoms with Crippen molar-refractivity contribution in [3.05, 3.63) is 40.4 Å². The van der Waals surface area contributed by atoms with Crippen LogP contribution in [0.15, 0.2) is 24.3 Å². The van der Waals surface area contributed by atoms with E-state index in [1.165, 1.54) is 11.3 Å². The second-order valence-corrected chi connectivity index (χ2v) is 5.28. The molecule has 0 saturated heterocycles. The van der Waals surface area contributed by atoms with Crippen LogP contribution in [0, 0.1) is 6.92 Å². The van der Waals surface area contributed by atoms with Crippen molar-refractivity contribution in [3.8, 4) is 0 Å². The molecule has 0 spiro atoms. The SMILES string of the molecule is Cc1ccc(C(=O)Nc2nnc(CCCN)s2)cc1. The van der Waals surface area contributed by atoms with E-state index in [2.05, 4.69) is 15.5 Å². The van der Waals surface area contributed by atoms with E-state index < -0.39 is 0 Å². The van der Waals surface area contributed by atoms with Crippen molar-refractivity contribution in [1.29, 1.82) is 0 Å². The van der Waals surface area contributed by atoms with Gasteiger partial charge in [-0.2, -0.15) is 0 Å². The van der Waals surface area contributed by atoms with Crippen LogP contribution in [-0.2, 0) is 6.42 Å². The number of aryl methyl sites for hydroxylation is 2. The Kier molecular flexibility index (Phi) is 4.59. The van der Waals surface area contributed by atoms with Crippen LogP contribution in [0.5, 0.6) is 0 Å². The number of nitrogens with one attached hydrogen (secondary N) is 1. The topological polar surface area (TPSA) is 80.9 Å². The summed E-state index contributed by atoms with van der Waals surface area (Å²) in [6.45, 7) is 2.61. The largest absolute Gasteiger partial charge is 0.330 e. The van der Waals surface area contributed by atoms with Gasteiger partial charge in [-0.25, -0.2) is 0 Å². The number of rotatable bonds is 5. The quantitative estimate of drug-likeness (QED) is 0.875. The minimum atomic E-state index is -0.165. The second kappa shape index (κ2) is 6.40. The van der Waals surface area contributed by atoms with Gasteiger partial charge < -0.3 is 5.73 Å². The fourth-order valence-electron chi connectivity index (χ4n) is 1.53. The van der Waals surface area contributed by atoms with E-state index >= 15 is 0 Å². The maximum absolute atomic E-state index is 12.0. The van der Waals surface area contributed by atoms with Gasteiger partial charge in [0.15, 0.2) is 0 Å². The van der Waals surface area contributed by atoms with Crippen LogP contribution in [-0.4, -0.2) is 22.6 Å². The number of amides is 1. The molecule has 2 aromatic rings. The molecule has 0 bridgehead atoms. The molecule has 0 radical (unpaired) electrons. The Bertz CT molecular complexity index is 550. The highest BCUT2D eigenvalue weighted by Gasteiger charge is 2.09. The van der Waals surface area contributed by atoms with Crippen LogP contribution in [0.1, 0.15) is 27.3 Å². The molecule has 1 amide bonds. The van der Waals surface area contributed by atoms with E-state index in [0.717, 1.165) is 23.4 Å². The van der Waals surface area contributed by atoms with Crippen LogP contribution in [0.25, 0.3) is 0 Å². The van der Waals surface area contributed by atoms with Crippen LogP contribution >= 0.6 is 11.3 Å². The van der Waals surface area contributed by atoms with Gasteiger partial charge in [0.2, 0.25) is 5.13 Å². The number of anilines is 1. The standard InChI is InChI=1S/C13H16N4OS/c1-9-4-6-10(7-5-9)12(18)15-13-17-16-11(19-13)3-2-8-14/h4-7H,2-3,8,14H2,1H3,(H,15,17,18). The molecule has 19 heavy (non-hydrogen) atoms. The number of aromatic nitrogens is 2. The lowest BCUT2D eigenvalue weighted by Crippen LogP contribution is -2.11. The zero-order chi connectivity index (χ0) is 13.7. The second-order valence-electron chi connectivity index (χ2n) is 4.21. The molecule has 0 atom stereocenters. The predicted octanol–water partition coefficient (Wildman–Crippen LogP) is 1.99. The normalized spacial score (nSPS) is 10.4. The molecule has 1 heterocycles. The summed E-state index contributed by atoms with van der Waals surface area (Å²) in [6, 6.07) is 7.39. The van der Waals surface area contributed by atoms with Crippen molar-refractivity contribution in [1.82, 2.24) is 10.2 Å². The van der Waals surface area contributed by atoms with Crippen molar-refractivity contribution < 1.29 is 4.79 Å². The van der Waals surface area contributed by atoms with Crippen LogP contribution < -0.4 is 11.1 Å². The highest BCUT2D eigenvalue weighted by atomic mass is 32.1. The zero-order valence-corrected chi connectivity index (χ0v) is 11.5. The summed E-state index contributed by atoms with van der Waals surface area (Å²) >= 11 is 1.39. The van der Waals surface area contributed by atoms with Crippen molar-refractivity contribution in [3.63, 3.8) is 0 Å². The number of carbonyl (C=O) groups excluding carboxylic acids is 1. The van der Waals surface area contributed by atoms with Crippen molar-refractivity contribution in [2.45, 2.75) is 19.8 Å². The molecule has 0 aliphatic heterocycles. The Hall–Kier alpha value is -1.79. The molecule has 6 heteroatoms. The van der Waals surface area contributed by atoms with Gasteiger partial charge >= 0.3 is 0 Å². The number of carbonyl (C=O) groups is 1. The molecular weight excluding hydrogens is 260 g/mol. The molecule has 100 valence electrons. The Morgan fingerprint density at radius 1 is 1.32 bits per heavy atom. The Morgan fingerprint density at radius 3 is 2.74 bits per heavy atom. The molecule has 3 N–H and O–H groups in total. The summed E-state index contributed by atoms with van der Waals surface area (Å²) in [7, 11) is 0. The third-order valence-corrected chi connectivity index (χ3v) is 3.49. The van der Waals surface area contributed by atoms with Gasteiger partial charge in [-0.1, -0.05) is 29.0 Å². The van der Waals surface area contributed by atoms with Gasteiger partial charge in [0.1, 0.15) is 5.01 Å². The summed E-state index contributed by atoms with van der Waals surface area (Å²) in [4.78, 5) is 12.0. The van der Waals surface area contributed by atoms with Gasteiger partial charge in [-0.3, -0.25) is 10.1 Å². The maximum Gasteiger partial charge on any atom is 0.257 e. The summed E-state index contributed by atoms with van der Waals surface area (Å²) < 4.78 is 0. The maximum atomic E-state index is 12.0. The van der Waals surface area contributed by atoms with E-state index in [0.29, 0.717) is 17.2 Å². The van der Waals surface area contributed by atoms with Crippen molar-refractivity contribution in [2.24, 2.45) is 5.73 Å². The zero-order valence-electron chi connectivity index (χ0n) is 10.7. The summed E-state index contributed by atoms with van der Waals surface area (Å²) in [6.07, 6.45) is 1.68. The molecule has 2 rings (SSSR count). The lowest BCUT2D eigenvalue weighted by molar-refractivity contribution is 0.102. The van der Waals surface area contributed by atoms with E-state index in [9.17, 15) is 4.79 Å². The van der Waals surface area contributed by atoms with E-state index in [4.69, 9.17) is 5.73 Å². The number of benzene rings is 1. The Morgan fingerprint density at radius 2 is 2.05 bits per heavy atom. The Labute approximate surface area is 115 Å². The van der Waals surface area contributed by atoms with E-state index in [-0.39, 0.29) is 5.91 Å². The molecule has 1 aromatic carbocycles. The molecule has 1 aromatic heterocycles. The minimum Gasteiger partial charge on any atom is -0.330 e. The van der Waals surface area contributed by atoms with Gasteiger partial charge in [0.05, 0.1) is 0 Å². The predicted molar refractivity (Wildman–Crippen MR) is 76.4 cm³/mol. The minimum absolute atomic E-state index is 0.165. The average Bonchev–Trinajstić information content (AvgIpc) is 2.84. The van der Waals surface area contributed by atoms with Gasteiger partial charge in [-0.05, 0) is 32.0 Å². The van der Waals surface area contributed by atoms with Crippen LogP contribution in [0.3, 0.4) is 0 Å². The van der Waals surface area contributed by atoms with Crippen LogP contribution in [0.4, 0.5) is 5.13 Å². The van der Waals surface area contributed by atoms with E-state index in [1.54, 1.807) is 12.1 Å². The lowest BCUT2D eigenvalue weighted by atomic mass is 10.1. The fourth-order valence-corrected chi connectivity index (χ4v) is 2.31. The first-order valence-corrected chi connectivity index (χ1v) is 6.91. The third-order valence-electron chi connectivity index (χ3n) is 2.60. The molecule has 0 aliphatic carbocycles. The van der Waals surface area contributed by atoms with Crippen molar-refractivity contribution in [2.75, 3.05) is 11.9 Å². The molecule has 5 nitrogen and oxygen atoms in total. The first kappa shape index (κ1) is 13.6. The van der Waals surface area contributed by atoms with Gasteiger partial charge in [0, 0.05) is 12.0 Å². The smallest absolute Gasteiger partial charge is 0.257 e. The first-order chi connectivity index (χ1) is 9.19. The molecule has 0 aliphatic rings. The summed E-state index contributed by atoms with van der Waals surface area (Å²) in [5.41, 5.74) is 7.18. The molecule has 0 saturated carbocycles. The average molecular weight is 276 g/mol. The van der Waals surface area contributed by atoms with Crippen molar-refractivity contribution >= 4 is 22.4 Å². The number of hydrogen-bond acceptors (Lipinski definition) is 5. The number of hydrogen-bond donors (Lipinski definition) is 2. The van der Waals surface area contributed by atoms with Gasteiger partial charge in [-0.15, -0.1) is 10.2 Å². The molecule has 0 unspecified atom stereocenters. The summed E-state index contributed by atoms with van der Waals surface area (Å²) in [5, 5.41) is 12.1. The third kappa shape index (κ3) is 3.84. The van der Waals surface area contributed by atoms with Crippen LogP contribution in [0.2, 0.25) is 0 Å². The molecule has 0 fully saturated rings. The highest BCUT2D eigenvalue weighted by molar-refractivity contribution is 7.15. The number of nitrogens with two attached hydrogens (primary N) is 1. The first-order valence-electron chi connectivity index (χ1n) is 6.09. The molecular formula is C13H16N4OS. The monoisotopic (exact) mass is 276 g/mol. The lowest BCUT2D eigenvalue weighted by Gasteiger charge is -2.01. The highest BCUT2D eigenvalue weighted by Crippen LogP contribution is 2.17. The van der Waals surface area contributed by atoms with E-state index in [1.807, 2.05) is 19.1 Å². The fraction of sp³-hybridized carbons (Fsp3) is 0.308.